The molecular formula is C24H15BrN2O2. The van der Waals surface area contributed by atoms with Crippen LogP contribution in [0.2, 0.25) is 0 Å². The van der Waals surface area contributed by atoms with E-state index >= 15 is 0 Å². The van der Waals surface area contributed by atoms with Crippen LogP contribution in [0.15, 0.2) is 95.5 Å². The first-order valence-corrected chi connectivity index (χ1v) is 9.96. The number of hydrogen-bond donors (Lipinski definition) is 0. The minimum absolute atomic E-state index is 0.0947. The summed E-state index contributed by atoms with van der Waals surface area (Å²) >= 11 is 3.47. The maximum Gasteiger partial charge on any atom is 0.277 e. The largest absolute Gasteiger partial charge is 0.309 e. The number of nitrogens with zero attached hydrogens (tertiary/aromatic N) is 2. The van der Waals surface area contributed by atoms with Gasteiger partial charge in [0.1, 0.15) is 0 Å². The highest BCUT2D eigenvalue weighted by Gasteiger charge is 2.21. The third kappa shape index (κ3) is 2.82. The number of halogens is 1. The molecule has 1 aromatic heterocycles. The summed E-state index contributed by atoms with van der Waals surface area (Å²) in [5, 5.41) is 13.8. The molecule has 0 atom stereocenters. The van der Waals surface area contributed by atoms with Crippen LogP contribution in [0.1, 0.15) is 0 Å². The van der Waals surface area contributed by atoms with Gasteiger partial charge in [0.2, 0.25) is 0 Å². The molecule has 0 saturated carbocycles. The van der Waals surface area contributed by atoms with Crippen LogP contribution in [0.4, 0.5) is 5.69 Å². The standard InChI is InChI=1S/C24H15BrN2O2/c25-16-13-14-22(27(28)29)20(15-16)18-10-6-12-23-24(18)19-9-4-5-11-21(19)26(23)17-7-2-1-3-8-17/h1-15H. The summed E-state index contributed by atoms with van der Waals surface area (Å²) in [6.45, 7) is 0. The molecule has 0 aliphatic carbocycles. The van der Waals surface area contributed by atoms with Crippen molar-refractivity contribution in [1.82, 2.24) is 4.57 Å². The van der Waals surface area contributed by atoms with Gasteiger partial charge in [-0.2, -0.15) is 0 Å². The summed E-state index contributed by atoms with van der Waals surface area (Å²) in [4.78, 5) is 11.4. The highest BCUT2D eigenvalue weighted by atomic mass is 79.9. The molecule has 5 aromatic rings. The average molecular weight is 443 g/mol. The molecule has 140 valence electrons. The van der Waals surface area contributed by atoms with Crippen molar-refractivity contribution in [3.63, 3.8) is 0 Å². The Morgan fingerprint density at radius 3 is 2.28 bits per heavy atom. The smallest absolute Gasteiger partial charge is 0.277 e. The molecule has 0 N–H and O–H groups in total. The summed E-state index contributed by atoms with van der Waals surface area (Å²) < 4.78 is 3.01. The lowest BCUT2D eigenvalue weighted by atomic mass is 9.98. The maximum absolute atomic E-state index is 11.7. The Labute approximate surface area is 175 Å². The Bertz CT molecular complexity index is 1390. The SMILES string of the molecule is O=[N+]([O-])c1ccc(Br)cc1-c1cccc2c1c1ccccc1n2-c1ccccc1. The van der Waals surface area contributed by atoms with Gasteiger partial charge in [0.25, 0.3) is 5.69 Å². The highest BCUT2D eigenvalue weighted by molar-refractivity contribution is 9.10. The predicted molar refractivity (Wildman–Crippen MR) is 121 cm³/mol. The molecule has 0 fully saturated rings. The molecule has 0 saturated heterocycles. The molecular weight excluding hydrogens is 428 g/mol. The number of nitro groups is 1. The van der Waals surface area contributed by atoms with E-state index < -0.39 is 0 Å². The van der Waals surface area contributed by atoms with E-state index in [2.05, 4.69) is 50.8 Å². The van der Waals surface area contributed by atoms with Crippen LogP contribution in [-0.4, -0.2) is 9.49 Å². The first kappa shape index (κ1) is 17.6. The molecule has 5 rings (SSSR count). The van der Waals surface area contributed by atoms with Crippen LogP contribution in [-0.2, 0) is 0 Å². The summed E-state index contributed by atoms with van der Waals surface area (Å²) in [5.74, 6) is 0. The third-order valence-electron chi connectivity index (χ3n) is 5.16. The predicted octanol–water partition coefficient (Wildman–Crippen LogP) is 7.12. The van der Waals surface area contributed by atoms with E-state index in [0.29, 0.717) is 5.56 Å². The van der Waals surface area contributed by atoms with Gasteiger partial charge < -0.3 is 4.57 Å². The molecule has 4 nitrogen and oxygen atoms in total. The number of fused-ring (bicyclic) bond motifs is 3. The van der Waals surface area contributed by atoms with Crippen molar-refractivity contribution in [2.45, 2.75) is 0 Å². The van der Waals surface area contributed by atoms with Gasteiger partial charge >= 0.3 is 0 Å². The zero-order chi connectivity index (χ0) is 20.0. The maximum atomic E-state index is 11.7. The van der Waals surface area contributed by atoms with Crippen molar-refractivity contribution < 1.29 is 4.92 Å². The monoisotopic (exact) mass is 442 g/mol. The number of nitro benzene ring substituents is 1. The molecule has 0 spiro atoms. The minimum Gasteiger partial charge on any atom is -0.309 e. The van der Waals surface area contributed by atoms with E-state index in [1.54, 1.807) is 12.1 Å². The van der Waals surface area contributed by atoms with Gasteiger partial charge in [-0.15, -0.1) is 0 Å². The van der Waals surface area contributed by atoms with E-state index in [-0.39, 0.29) is 10.6 Å². The second-order valence-electron chi connectivity index (χ2n) is 6.81. The molecule has 0 radical (unpaired) electrons. The van der Waals surface area contributed by atoms with Crippen molar-refractivity contribution in [2.24, 2.45) is 0 Å². The molecule has 0 bridgehead atoms. The Balaban J connectivity index is 1.95. The third-order valence-corrected chi connectivity index (χ3v) is 5.65. The Kier molecular flexibility index (Phi) is 4.18. The topological polar surface area (TPSA) is 48.1 Å². The van der Waals surface area contributed by atoms with E-state index in [9.17, 15) is 10.1 Å². The zero-order valence-corrected chi connectivity index (χ0v) is 16.8. The fourth-order valence-electron chi connectivity index (χ4n) is 3.98. The van der Waals surface area contributed by atoms with Crippen LogP contribution in [0, 0.1) is 10.1 Å². The number of benzene rings is 4. The zero-order valence-electron chi connectivity index (χ0n) is 15.2. The van der Waals surface area contributed by atoms with Gasteiger partial charge in [-0.05, 0) is 42.0 Å². The van der Waals surface area contributed by atoms with Gasteiger partial charge in [-0.1, -0.05) is 64.5 Å². The Morgan fingerprint density at radius 2 is 1.48 bits per heavy atom. The number of hydrogen-bond acceptors (Lipinski definition) is 2. The van der Waals surface area contributed by atoms with Crippen LogP contribution in [0.25, 0.3) is 38.6 Å². The molecule has 29 heavy (non-hydrogen) atoms. The Hall–Kier alpha value is -3.44. The molecule has 0 aliphatic heterocycles. The van der Waals surface area contributed by atoms with Crippen LogP contribution >= 0.6 is 15.9 Å². The summed E-state index contributed by atoms with van der Waals surface area (Å²) in [5.41, 5.74) is 4.69. The molecule has 5 heteroatoms. The van der Waals surface area contributed by atoms with Gasteiger partial charge in [0, 0.05) is 27.0 Å². The van der Waals surface area contributed by atoms with Crippen LogP contribution in [0.3, 0.4) is 0 Å². The van der Waals surface area contributed by atoms with E-state index in [1.165, 1.54) is 0 Å². The van der Waals surface area contributed by atoms with E-state index in [0.717, 1.165) is 37.5 Å². The first-order valence-electron chi connectivity index (χ1n) is 9.17. The van der Waals surface area contributed by atoms with Crippen molar-refractivity contribution in [1.29, 1.82) is 0 Å². The summed E-state index contributed by atoms with van der Waals surface area (Å²) in [6.07, 6.45) is 0. The second kappa shape index (κ2) is 6.87. The van der Waals surface area contributed by atoms with Crippen molar-refractivity contribution >= 4 is 43.4 Å². The average Bonchev–Trinajstić information content (AvgIpc) is 3.08. The first-order chi connectivity index (χ1) is 14.1. The molecule has 0 amide bonds. The van der Waals surface area contributed by atoms with Gasteiger partial charge in [0.05, 0.1) is 21.5 Å². The molecule has 1 heterocycles. The highest BCUT2D eigenvalue weighted by Crippen LogP contribution is 2.41. The van der Waals surface area contributed by atoms with E-state index in [4.69, 9.17) is 0 Å². The number of aromatic nitrogens is 1. The fourth-order valence-corrected chi connectivity index (χ4v) is 4.34. The molecule has 0 aliphatic rings. The summed E-state index contributed by atoms with van der Waals surface area (Å²) in [6, 6.07) is 29.4. The van der Waals surface area contributed by atoms with Crippen LogP contribution < -0.4 is 0 Å². The number of rotatable bonds is 3. The lowest BCUT2D eigenvalue weighted by molar-refractivity contribution is -0.384. The lowest BCUT2D eigenvalue weighted by Gasteiger charge is -2.09. The van der Waals surface area contributed by atoms with Crippen molar-refractivity contribution in [2.75, 3.05) is 0 Å². The molecule has 0 unspecified atom stereocenters. The van der Waals surface area contributed by atoms with E-state index in [1.807, 2.05) is 48.5 Å². The molecule has 4 aromatic carbocycles. The quantitative estimate of drug-likeness (QED) is 0.220. The van der Waals surface area contributed by atoms with Crippen molar-refractivity contribution in [3.05, 3.63) is 106 Å². The summed E-state index contributed by atoms with van der Waals surface area (Å²) in [7, 11) is 0. The normalized spacial score (nSPS) is 11.2. The second-order valence-corrected chi connectivity index (χ2v) is 7.72. The minimum atomic E-state index is -0.322. The Morgan fingerprint density at radius 1 is 0.759 bits per heavy atom. The fraction of sp³-hybridized carbons (Fsp3) is 0. The van der Waals surface area contributed by atoms with Gasteiger partial charge in [0.15, 0.2) is 0 Å². The van der Waals surface area contributed by atoms with Gasteiger partial charge in [-0.25, -0.2) is 0 Å². The van der Waals surface area contributed by atoms with Gasteiger partial charge in [-0.3, -0.25) is 10.1 Å². The van der Waals surface area contributed by atoms with Crippen LogP contribution in [0.5, 0.6) is 0 Å². The lowest BCUT2D eigenvalue weighted by Crippen LogP contribution is -1.94. The number of para-hydroxylation sites is 2. The van der Waals surface area contributed by atoms with Crippen molar-refractivity contribution in [3.8, 4) is 16.8 Å².